The highest BCUT2D eigenvalue weighted by atomic mass is 32.2. The molecule has 0 amide bonds. The summed E-state index contributed by atoms with van der Waals surface area (Å²) in [7, 11) is -0.732. The molecule has 31 heavy (non-hydrogen) atoms. The standard InChI is InChI=1S/C21H26N8OS/c30-31-12-10-28(11-13-31)17-15-23-18-19(24-14-16-4-2-1-3-5-16)26-21(27-20(18)25-17)29-8-6-22-7-9-29/h1-5,15,22H,6-14H2,(H,24,25,26,27). The van der Waals surface area contributed by atoms with E-state index >= 15 is 0 Å². The average Bonchev–Trinajstić information content (AvgIpc) is 2.83. The molecular formula is C21H26N8OS. The molecule has 2 fully saturated rings. The third-order valence-electron chi connectivity index (χ3n) is 5.59. The summed E-state index contributed by atoms with van der Waals surface area (Å²) in [5.74, 6) is 3.49. The fourth-order valence-electron chi connectivity index (χ4n) is 3.82. The summed E-state index contributed by atoms with van der Waals surface area (Å²) in [6.07, 6.45) is 1.78. The van der Waals surface area contributed by atoms with Gasteiger partial charge in [0.15, 0.2) is 17.0 Å². The van der Waals surface area contributed by atoms with Gasteiger partial charge >= 0.3 is 0 Å². The Hall–Kier alpha value is -2.85. The van der Waals surface area contributed by atoms with Crippen LogP contribution in [-0.4, -0.2) is 74.9 Å². The van der Waals surface area contributed by atoms with Crippen LogP contribution in [0, 0.1) is 0 Å². The minimum absolute atomic E-state index is 0.586. The highest BCUT2D eigenvalue weighted by Crippen LogP contribution is 2.24. The van der Waals surface area contributed by atoms with E-state index in [1.54, 1.807) is 6.20 Å². The first-order valence-electron chi connectivity index (χ1n) is 10.6. The molecule has 0 spiro atoms. The zero-order valence-electron chi connectivity index (χ0n) is 17.3. The van der Waals surface area contributed by atoms with Crippen LogP contribution in [-0.2, 0) is 17.3 Å². The maximum atomic E-state index is 11.7. The number of anilines is 3. The predicted octanol–water partition coefficient (Wildman–Crippen LogP) is 1.01. The fraction of sp³-hybridized carbons (Fsp3) is 0.429. The molecule has 2 N–H and O–H groups in total. The number of benzene rings is 1. The summed E-state index contributed by atoms with van der Waals surface area (Å²) >= 11 is 0. The number of hydrogen-bond donors (Lipinski definition) is 2. The molecule has 0 aliphatic carbocycles. The van der Waals surface area contributed by atoms with Crippen LogP contribution in [0.5, 0.6) is 0 Å². The van der Waals surface area contributed by atoms with E-state index < -0.39 is 10.8 Å². The normalized spacial score (nSPS) is 17.8. The van der Waals surface area contributed by atoms with E-state index in [1.807, 2.05) is 18.2 Å². The van der Waals surface area contributed by atoms with Crippen molar-refractivity contribution in [1.29, 1.82) is 0 Å². The summed E-state index contributed by atoms with van der Waals surface area (Å²) in [4.78, 5) is 23.4. The Morgan fingerprint density at radius 3 is 2.52 bits per heavy atom. The van der Waals surface area contributed by atoms with Gasteiger partial charge in [0.05, 0.1) is 6.20 Å². The van der Waals surface area contributed by atoms with Crippen molar-refractivity contribution in [2.45, 2.75) is 6.54 Å². The molecule has 0 bridgehead atoms. The number of nitrogens with one attached hydrogen (secondary N) is 2. The van der Waals surface area contributed by atoms with E-state index in [4.69, 9.17) is 15.0 Å². The van der Waals surface area contributed by atoms with Crippen LogP contribution in [0.1, 0.15) is 5.56 Å². The summed E-state index contributed by atoms with van der Waals surface area (Å²) < 4.78 is 11.7. The lowest BCUT2D eigenvalue weighted by Gasteiger charge is -2.28. The van der Waals surface area contributed by atoms with E-state index in [-0.39, 0.29) is 0 Å². The van der Waals surface area contributed by atoms with E-state index in [2.05, 4.69) is 37.6 Å². The van der Waals surface area contributed by atoms with Crippen molar-refractivity contribution in [2.24, 2.45) is 0 Å². The first kappa shape index (κ1) is 20.1. The fourth-order valence-corrected chi connectivity index (χ4v) is 4.87. The Bertz CT molecular complexity index is 1060. The van der Waals surface area contributed by atoms with Crippen molar-refractivity contribution >= 4 is 39.5 Å². The van der Waals surface area contributed by atoms with E-state index in [9.17, 15) is 4.21 Å². The van der Waals surface area contributed by atoms with Crippen LogP contribution in [0.4, 0.5) is 17.6 Å². The molecule has 162 valence electrons. The Balaban J connectivity index is 1.49. The maximum absolute atomic E-state index is 11.7. The van der Waals surface area contributed by atoms with Gasteiger partial charge in [-0.2, -0.15) is 9.97 Å². The van der Waals surface area contributed by atoms with Gasteiger partial charge in [0.2, 0.25) is 5.95 Å². The second kappa shape index (κ2) is 9.11. The van der Waals surface area contributed by atoms with Crippen molar-refractivity contribution in [2.75, 3.05) is 65.9 Å². The van der Waals surface area contributed by atoms with Gasteiger partial charge in [0.25, 0.3) is 0 Å². The van der Waals surface area contributed by atoms with Crippen molar-refractivity contribution in [1.82, 2.24) is 25.3 Å². The first-order chi connectivity index (χ1) is 15.3. The minimum Gasteiger partial charge on any atom is -0.364 e. The Kier molecular flexibility index (Phi) is 5.90. The largest absolute Gasteiger partial charge is 0.364 e. The SMILES string of the molecule is O=S1CCN(c2cnc3c(NCc4ccccc4)nc(N4CCNCC4)nc3n2)CC1. The molecule has 5 rings (SSSR count). The smallest absolute Gasteiger partial charge is 0.229 e. The topological polar surface area (TPSA) is 99.2 Å². The average molecular weight is 439 g/mol. The lowest BCUT2D eigenvalue weighted by atomic mass is 10.2. The van der Waals surface area contributed by atoms with E-state index in [1.165, 1.54) is 5.56 Å². The van der Waals surface area contributed by atoms with Crippen molar-refractivity contribution in [3.63, 3.8) is 0 Å². The number of rotatable bonds is 5. The van der Waals surface area contributed by atoms with Gasteiger partial charge in [0.1, 0.15) is 5.82 Å². The molecule has 0 saturated carbocycles. The summed E-state index contributed by atoms with van der Waals surface area (Å²) in [5.41, 5.74) is 2.42. The highest BCUT2D eigenvalue weighted by molar-refractivity contribution is 7.85. The number of hydrogen-bond acceptors (Lipinski definition) is 9. The lowest BCUT2D eigenvalue weighted by Crippen LogP contribution is -2.44. The molecule has 1 aromatic carbocycles. The molecule has 2 aliphatic heterocycles. The second-order valence-electron chi connectivity index (χ2n) is 7.68. The zero-order valence-corrected chi connectivity index (χ0v) is 18.1. The zero-order chi connectivity index (χ0) is 21.0. The van der Waals surface area contributed by atoms with Crippen molar-refractivity contribution < 1.29 is 4.21 Å². The quantitative estimate of drug-likeness (QED) is 0.605. The third kappa shape index (κ3) is 4.59. The molecule has 0 radical (unpaired) electrons. The van der Waals surface area contributed by atoms with Crippen LogP contribution in [0.15, 0.2) is 36.5 Å². The van der Waals surface area contributed by atoms with Crippen LogP contribution in [0.25, 0.3) is 11.2 Å². The summed E-state index contributed by atoms with van der Waals surface area (Å²) in [6.45, 7) is 5.62. The number of nitrogens with zero attached hydrogens (tertiary/aromatic N) is 6. The Morgan fingerprint density at radius 1 is 0.968 bits per heavy atom. The number of aromatic nitrogens is 4. The molecule has 4 heterocycles. The van der Waals surface area contributed by atoms with E-state index in [0.29, 0.717) is 41.0 Å². The van der Waals surface area contributed by atoms with Gasteiger partial charge in [0, 0.05) is 68.1 Å². The van der Waals surface area contributed by atoms with Crippen LogP contribution >= 0.6 is 0 Å². The lowest BCUT2D eigenvalue weighted by molar-refractivity contribution is 0.580. The monoisotopic (exact) mass is 438 g/mol. The molecule has 2 saturated heterocycles. The first-order valence-corrected chi connectivity index (χ1v) is 12.1. The molecule has 2 aliphatic rings. The van der Waals surface area contributed by atoms with Gasteiger partial charge in [-0.1, -0.05) is 30.3 Å². The molecular weight excluding hydrogens is 412 g/mol. The van der Waals surface area contributed by atoms with Gasteiger partial charge in [-0.05, 0) is 5.56 Å². The maximum Gasteiger partial charge on any atom is 0.229 e. The number of piperazine rings is 1. The predicted molar refractivity (Wildman–Crippen MR) is 124 cm³/mol. The van der Waals surface area contributed by atoms with Gasteiger partial charge in [-0.15, -0.1) is 0 Å². The van der Waals surface area contributed by atoms with Crippen LogP contribution < -0.4 is 20.4 Å². The van der Waals surface area contributed by atoms with Crippen molar-refractivity contribution in [3.8, 4) is 0 Å². The van der Waals surface area contributed by atoms with E-state index in [0.717, 1.165) is 45.1 Å². The van der Waals surface area contributed by atoms with Gasteiger partial charge in [-0.25, -0.2) is 9.97 Å². The minimum atomic E-state index is -0.732. The highest BCUT2D eigenvalue weighted by Gasteiger charge is 2.21. The Labute approximate surface area is 183 Å². The Morgan fingerprint density at radius 2 is 1.74 bits per heavy atom. The summed E-state index contributed by atoms with van der Waals surface area (Å²) in [5, 5.41) is 6.80. The van der Waals surface area contributed by atoms with Crippen molar-refractivity contribution in [3.05, 3.63) is 42.1 Å². The molecule has 2 aromatic heterocycles. The molecule has 3 aromatic rings. The number of fused-ring (bicyclic) bond motifs is 1. The van der Waals surface area contributed by atoms with Crippen LogP contribution in [0.3, 0.4) is 0 Å². The third-order valence-corrected chi connectivity index (χ3v) is 6.86. The summed E-state index contributed by atoms with van der Waals surface area (Å²) in [6, 6.07) is 10.2. The van der Waals surface area contributed by atoms with Crippen LogP contribution in [0.2, 0.25) is 0 Å². The second-order valence-corrected chi connectivity index (χ2v) is 9.38. The molecule has 10 heteroatoms. The molecule has 0 unspecified atom stereocenters. The van der Waals surface area contributed by atoms with Gasteiger partial charge in [-0.3, -0.25) is 4.21 Å². The van der Waals surface area contributed by atoms with Gasteiger partial charge < -0.3 is 20.4 Å². The molecule has 9 nitrogen and oxygen atoms in total. The molecule has 0 atom stereocenters.